The summed E-state index contributed by atoms with van der Waals surface area (Å²) in [5, 5.41) is 0. The molecule has 0 aromatic heterocycles. The number of rotatable bonds is 1. The Bertz CT molecular complexity index is 484. The maximum absolute atomic E-state index is 12.2. The summed E-state index contributed by atoms with van der Waals surface area (Å²) in [4.78, 5) is 27.0. The van der Waals surface area contributed by atoms with Crippen molar-refractivity contribution < 1.29 is 9.59 Å². The van der Waals surface area contributed by atoms with Crippen LogP contribution >= 0.6 is 15.9 Å². The molecule has 0 radical (unpaired) electrons. The standard InChI is InChI=1S/C12H14BrN3O2/c1-15-2-3-16(7-11(15)17)12(18)8-4-9(13)6-10(14)5-8/h4-6H,2-3,7,14H2,1H3. The number of amides is 2. The second kappa shape index (κ2) is 4.97. The fraction of sp³-hybridized carbons (Fsp3) is 0.333. The number of likely N-dealkylation sites (N-methyl/N-ethyl adjacent to an activating group) is 1. The number of anilines is 1. The van der Waals surface area contributed by atoms with E-state index >= 15 is 0 Å². The van der Waals surface area contributed by atoms with Crippen molar-refractivity contribution in [1.82, 2.24) is 9.80 Å². The lowest BCUT2D eigenvalue weighted by atomic mass is 10.1. The average Bonchev–Trinajstić information content (AvgIpc) is 2.30. The smallest absolute Gasteiger partial charge is 0.254 e. The van der Waals surface area contributed by atoms with Crippen LogP contribution in [0.4, 0.5) is 5.69 Å². The van der Waals surface area contributed by atoms with Gasteiger partial charge in [-0.15, -0.1) is 0 Å². The first-order chi connectivity index (χ1) is 8.47. The summed E-state index contributed by atoms with van der Waals surface area (Å²) in [5.41, 5.74) is 6.72. The first-order valence-corrected chi connectivity index (χ1v) is 6.36. The lowest BCUT2D eigenvalue weighted by Crippen LogP contribution is -2.50. The zero-order valence-electron chi connectivity index (χ0n) is 10.0. The van der Waals surface area contributed by atoms with Gasteiger partial charge in [-0.05, 0) is 18.2 Å². The Kier molecular flexibility index (Phi) is 3.56. The molecule has 0 unspecified atom stereocenters. The molecule has 0 aliphatic carbocycles. The van der Waals surface area contributed by atoms with Crippen LogP contribution in [0.3, 0.4) is 0 Å². The van der Waals surface area contributed by atoms with Crippen LogP contribution in [0, 0.1) is 0 Å². The zero-order chi connectivity index (χ0) is 13.3. The molecule has 96 valence electrons. The molecule has 18 heavy (non-hydrogen) atoms. The van der Waals surface area contributed by atoms with Gasteiger partial charge in [-0.1, -0.05) is 15.9 Å². The molecule has 0 bridgehead atoms. The summed E-state index contributed by atoms with van der Waals surface area (Å²) >= 11 is 3.30. The molecule has 6 heteroatoms. The van der Waals surface area contributed by atoms with Gasteiger partial charge in [0.2, 0.25) is 5.91 Å². The lowest BCUT2D eigenvalue weighted by molar-refractivity contribution is -0.133. The molecule has 2 N–H and O–H groups in total. The molecule has 1 fully saturated rings. The molecule has 2 amide bonds. The second-order valence-electron chi connectivity index (χ2n) is 4.32. The van der Waals surface area contributed by atoms with Crippen LogP contribution in [-0.4, -0.2) is 48.3 Å². The number of halogens is 1. The van der Waals surface area contributed by atoms with E-state index in [1.165, 1.54) is 0 Å². The summed E-state index contributed by atoms with van der Waals surface area (Å²) < 4.78 is 0.756. The molecule has 1 heterocycles. The third-order valence-corrected chi connectivity index (χ3v) is 3.37. The first kappa shape index (κ1) is 12.9. The van der Waals surface area contributed by atoms with Crippen LogP contribution in [0.5, 0.6) is 0 Å². The Labute approximate surface area is 114 Å². The van der Waals surface area contributed by atoms with Gasteiger partial charge in [-0.3, -0.25) is 9.59 Å². The SMILES string of the molecule is CN1CCN(C(=O)c2cc(N)cc(Br)c2)CC1=O. The highest BCUT2D eigenvalue weighted by atomic mass is 79.9. The highest BCUT2D eigenvalue weighted by Crippen LogP contribution is 2.19. The third-order valence-electron chi connectivity index (χ3n) is 2.91. The average molecular weight is 312 g/mol. The topological polar surface area (TPSA) is 66.6 Å². The van der Waals surface area contributed by atoms with E-state index in [1.807, 2.05) is 0 Å². The van der Waals surface area contributed by atoms with E-state index in [0.29, 0.717) is 24.3 Å². The van der Waals surface area contributed by atoms with E-state index in [2.05, 4.69) is 15.9 Å². The fourth-order valence-corrected chi connectivity index (χ4v) is 2.36. The number of carbonyl (C=O) groups is 2. The van der Waals surface area contributed by atoms with Crippen LogP contribution in [0.1, 0.15) is 10.4 Å². The van der Waals surface area contributed by atoms with Crippen LogP contribution in [-0.2, 0) is 4.79 Å². The number of carbonyl (C=O) groups excluding carboxylic acids is 2. The predicted molar refractivity (Wildman–Crippen MR) is 72.1 cm³/mol. The van der Waals surface area contributed by atoms with Crippen LogP contribution in [0.2, 0.25) is 0 Å². The Hall–Kier alpha value is -1.56. The number of nitrogen functional groups attached to an aromatic ring is 1. The van der Waals surface area contributed by atoms with Gasteiger partial charge in [0.25, 0.3) is 5.91 Å². The second-order valence-corrected chi connectivity index (χ2v) is 5.23. The molecule has 5 nitrogen and oxygen atoms in total. The monoisotopic (exact) mass is 311 g/mol. The Balaban J connectivity index is 2.18. The minimum atomic E-state index is -0.163. The molecule has 2 rings (SSSR count). The summed E-state index contributed by atoms with van der Waals surface area (Å²) in [6.45, 7) is 1.24. The van der Waals surface area contributed by atoms with Crippen molar-refractivity contribution in [3.05, 3.63) is 28.2 Å². The lowest BCUT2D eigenvalue weighted by Gasteiger charge is -2.32. The summed E-state index contributed by atoms with van der Waals surface area (Å²) in [5.74, 6) is -0.206. The molecule has 0 spiro atoms. The van der Waals surface area contributed by atoms with Crippen LogP contribution in [0.25, 0.3) is 0 Å². The number of piperazine rings is 1. The molecule has 0 atom stereocenters. The maximum Gasteiger partial charge on any atom is 0.254 e. The van der Waals surface area contributed by atoms with E-state index in [-0.39, 0.29) is 18.4 Å². The van der Waals surface area contributed by atoms with Crippen molar-refractivity contribution >= 4 is 33.4 Å². The number of nitrogens with two attached hydrogens (primary N) is 1. The van der Waals surface area contributed by atoms with Crippen molar-refractivity contribution in [1.29, 1.82) is 0 Å². The van der Waals surface area contributed by atoms with Crippen LogP contribution < -0.4 is 5.73 Å². The normalized spacial score (nSPS) is 16.0. The minimum absolute atomic E-state index is 0.0439. The first-order valence-electron chi connectivity index (χ1n) is 5.56. The molecule has 1 aliphatic rings. The van der Waals surface area contributed by atoms with Gasteiger partial charge in [0.15, 0.2) is 0 Å². The fourth-order valence-electron chi connectivity index (χ4n) is 1.85. The maximum atomic E-state index is 12.2. The minimum Gasteiger partial charge on any atom is -0.399 e. The summed E-state index contributed by atoms with van der Waals surface area (Å²) in [7, 11) is 1.74. The van der Waals surface area contributed by atoms with Crippen molar-refractivity contribution in [2.75, 3.05) is 32.4 Å². The van der Waals surface area contributed by atoms with Crippen LogP contribution in [0.15, 0.2) is 22.7 Å². The number of benzene rings is 1. The summed E-state index contributed by atoms with van der Waals surface area (Å²) in [6, 6.07) is 5.06. The van der Waals surface area contributed by atoms with E-state index in [0.717, 1.165) is 4.47 Å². The van der Waals surface area contributed by atoms with E-state index in [4.69, 9.17) is 5.73 Å². The predicted octanol–water partition coefficient (Wildman–Crippen LogP) is 0.945. The highest BCUT2D eigenvalue weighted by Gasteiger charge is 2.25. The van der Waals surface area contributed by atoms with Gasteiger partial charge in [0, 0.05) is 35.9 Å². The molecule has 0 saturated carbocycles. The van der Waals surface area contributed by atoms with Gasteiger partial charge in [-0.2, -0.15) is 0 Å². The van der Waals surface area contributed by atoms with Gasteiger partial charge in [-0.25, -0.2) is 0 Å². The van der Waals surface area contributed by atoms with Crippen molar-refractivity contribution in [2.45, 2.75) is 0 Å². The molecule has 1 aliphatic heterocycles. The van der Waals surface area contributed by atoms with Gasteiger partial charge in [0.05, 0.1) is 0 Å². The van der Waals surface area contributed by atoms with Gasteiger partial charge < -0.3 is 15.5 Å². The van der Waals surface area contributed by atoms with Gasteiger partial charge in [0.1, 0.15) is 6.54 Å². The quantitative estimate of drug-likeness (QED) is 0.785. The Morgan fingerprint density at radius 2 is 2.06 bits per heavy atom. The molecular weight excluding hydrogens is 298 g/mol. The highest BCUT2D eigenvalue weighted by molar-refractivity contribution is 9.10. The molecule has 1 aromatic carbocycles. The zero-order valence-corrected chi connectivity index (χ0v) is 11.6. The number of hydrogen-bond acceptors (Lipinski definition) is 3. The van der Waals surface area contributed by atoms with Gasteiger partial charge >= 0.3 is 0 Å². The van der Waals surface area contributed by atoms with E-state index in [1.54, 1.807) is 35.0 Å². The molecule has 1 saturated heterocycles. The Morgan fingerprint density at radius 1 is 1.33 bits per heavy atom. The largest absolute Gasteiger partial charge is 0.399 e. The van der Waals surface area contributed by atoms with Crippen molar-refractivity contribution in [2.24, 2.45) is 0 Å². The number of hydrogen-bond donors (Lipinski definition) is 1. The Morgan fingerprint density at radius 3 is 2.67 bits per heavy atom. The third kappa shape index (κ3) is 2.64. The molecule has 1 aromatic rings. The number of nitrogens with zero attached hydrogens (tertiary/aromatic N) is 2. The van der Waals surface area contributed by atoms with Crippen molar-refractivity contribution in [3.63, 3.8) is 0 Å². The summed E-state index contributed by atoms with van der Waals surface area (Å²) in [6.07, 6.45) is 0. The van der Waals surface area contributed by atoms with Crippen molar-refractivity contribution in [3.8, 4) is 0 Å². The van der Waals surface area contributed by atoms with E-state index in [9.17, 15) is 9.59 Å². The molecular formula is C12H14BrN3O2. The van der Waals surface area contributed by atoms with E-state index < -0.39 is 0 Å².